The zero-order valence-electron chi connectivity index (χ0n) is 16.3. The number of nitrogens with one attached hydrogen (secondary N) is 1. The molecule has 0 unspecified atom stereocenters. The summed E-state index contributed by atoms with van der Waals surface area (Å²) >= 11 is 5.89. The summed E-state index contributed by atoms with van der Waals surface area (Å²) in [6.07, 6.45) is 5.97. The minimum absolute atomic E-state index is 0.0915. The maximum absolute atomic E-state index is 13.2. The molecule has 1 N–H and O–H groups in total. The Morgan fingerprint density at radius 3 is 2.50 bits per heavy atom. The van der Waals surface area contributed by atoms with Crippen LogP contribution >= 0.6 is 11.6 Å². The Hall–Kier alpha value is -2.68. The van der Waals surface area contributed by atoms with E-state index in [1.807, 2.05) is 41.1 Å². The van der Waals surface area contributed by atoms with Crippen molar-refractivity contribution in [3.05, 3.63) is 83.9 Å². The van der Waals surface area contributed by atoms with Gasteiger partial charge in [-0.2, -0.15) is 4.31 Å². The molecule has 0 aliphatic heterocycles. The Morgan fingerprint density at radius 2 is 1.83 bits per heavy atom. The highest BCUT2D eigenvalue weighted by molar-refractivity contribution is 7.89. The molecular formula is C21H23ClN4O3S. The molecule has 0 spiro atoms. The predicted molar refractivity (Wildman–Crippen MR) is 115 cm³/mol. The number of aryl methyl sites for hydroxylation is 1. The summed E-state index contributed by atoms with van der Waals surface area (Å²) < 4.78 is 29.4. The third-order valence-corrected chi connectivity index (χ3v) is 6.51. The van der Waals surface area contributed by atoms with Crippen molar-refractivity contribution >= 4 is 27.5 Å². The summed E-state index contributed by atoms with van der Waals surface area (Å²) in [7, 11) is -3.88. The Morgan fingerprint density at radius 1 is 1.10 bits per heavy atom. The number of hydrogen-bond donors (Lipinski definition) is 1. The standard InChI is InChI=1S/C21H23ClN4O3S/c22-19-7-9-20(10-8-19)30(28,29)26(15-18-5-2-1-3-6-18)16-21(27)24-11-4-13-25-14-12-23-17-25/h1-3,5-10,12,14,17H,4,11,13,15-16H2,(H,24,27). The van der Waals surface area contributed by atoms with Crippen LogP contribution in [0, 0.1) is 0 Å². The molecule has 7 nitrogen and oxygen atoms in total. The number of aromatic nitrogens is 2. The van der Waals surface area contributed by atoms with E-state index in [9.17, 15) is 13.2 Å². The van der Waals surface area contributed by atoms with Crippen LogP contribution in [0.3, 0.4) is 0 Å². The van der Waals surface area contributed by atoms with E-state index in [4.69, 9.17) is 11.6 Å². The number of amides is 1. The maximum Gasteiger partial charge on any atom is 0.243 e. The second-order valence-electron chi connectivity index (χ2n) is 6.72. The lowest BCUT2D eigenvalue weighted by Gasteiger charge is -2.22. The van der Waals surface area contributed by atoms with Gasteiger partial charge in [-0.1, -0.05) is 41.9 Å². The maximum atomic E-state index is 13.2. The largest absolute Gasteiger partial charge is 0.355 e. The highest BCUT2D eigenvalue weighted by Crippen LogP contribution is 2.20. The molecule has 3 aromatic rings. The average molecular weight is 447 g/mol. The molecule has 30 heavy (non-hydrogen) atoms. The second-order valence-corrected chi connectivity index (χ2v) is 9.09. The number of hydrogen-bond acceptors (Lipinski definition) is 4. The van der Waals surface area contributed by atoms with E-state index in [1.54, 1.807) is 12.5 Å². The molecule has 1 amide bonds. The summed E-state index contributed by atoms with van der Waals surface area (Å²) in [5, 5.41) is 3.24. The van der Waals surface area contributed by atoms with E-state index in [0.29, 0.717) is 18.0 Å². The van der Waals surface area contributed by atoms with Crippen LogP contribution in [-0.4, -0.2) is 41.3 Å². The van der Waals surface area contributed by atoms with Gasteiger partial charge in [0.1, 0.15) is 0 Å². The fourth-order valence-corrected chi connectivity index (χ4v) is 4.40. The molecule has 0 fully saturated rings. The van der Waals surface area contributed by atoms with E-state index in [0.717, 1.165) is 12.1 Å². The van der Waals surface area contributed by atoms with E-state index in [2.05, 4.69) is 10.3 Å². The van der Waals surface area contributed by atoms with Crippen LogP contribution in [0.1, 0.15) is 12.0 Å². The monoisotopic (exact) mass is 446 g/mol. The fourth-order valence-electron chi connectivity index (χ4n) is 2.89. The molecule has 9 heteroatoms. The van der Waals surface area contributed by atoms with E-state index in [1.165, 1.54) is 28.6 Å². The second kappa shape index (κ2) is 10.4. The van der Waals surface area contributed by atoms with Crippen LogP contribution in [0.15, 0.2) is 78.2 Å². The van der Waals surface area contributed by atoms with Gasteiger partial charge < -0.3 is 9.88 Å². The number of rotatable bonds is 10. The Bertz CT molecular complexity index is 1040. The van der Waals surface area contributed by atoms with Gasteiger partial charge >= 0.3 is 0 Å². The van der Waals surface area contributed by atoms with E-state index < -0.39 is 10.0 Å². The molecule has 0 bridgehead atoms. The van der Waals surface area contributed by atoms with Gasteiger partial charge in [0.05, 0.1) is 17.8 Å². The first-order chi connectivity index (χ1) is 14.4. The third-order valence-electron chi connectivity index (χ3n) is 4.45. The van der Waals surface area contributed by atoms with Gasteiger partial charge in [-0.3, -0.25) is 4.79 Å². The van der Waals surface area contributed by atoms with Gasteiger partial charge in [0.15, 0.2) is 0 Å². The first kappa shape index (κ1) is 22.0. The van der Waals surface area contributed by atoms with Crippen molar-refractivity contribution in [3.63, 3.8) is 0 Å². The van der Waals surface area contributed by atoms with Crippen LogP contribution in [0.25, 0.3) is 0 Å². The average Bonchev–Trinajstić information content (AvgIpc) is 3.25. The van der Waals surface area contributed by atoms with Gasteiger partial charge in [0.2, 0.25) is 15.9 Å². The van der Waals surface area contributed by atoms with Crippen molar-refractivity contribution in [2.45, 2.75) is 24.4 Å². The zero-order chi connectivity index (χ0) is 21.4. The van der Waals surface area contributed by atoms with Crippen LogP contribution in [0.4, 0.5) is 0 Å². The van der Waals surface area contributed by atoms with Crippen LogP contribution < -0.4 is 5.32 Å². The molecular weight excluding hydrogens is 424 g/mol. The molecule has 2 aromatic carbocycles. The van der Waals surface area contributed by atoms with Crippen LogP contribution in [0.2, 0.25) is 5.02 Å². The molecule has 3 rings (SSSR count). The first-order valence-corrected chi connectivity index (χ1v) is 11.3. The fraction of sp³-hybridized carbons (Fsp3) is 0.238. The number of imidazole rings is 1. The summed E-state index contributed by atoms with van der Waals surface area (Å²) in [4.78, 5) is 16.5. The lowest BCUT2D eigenvalue weighted by Crippen LogP contribution is -2.40. The van der Waals surface area contributed by atoms with Gasteiger partial charge in [-0.15, -0.1) is 0 Å². The van der Waals surface area contributed by atoms with Gasteiger partial charge in [0.25, 0.3) is 0 Å². The number of carbonyl (C=O) groups excluding carboxylic acids is 1. The van der Waals surface area contributed by atoms with Crippen LogP contribution in [-0.2, 0) is 27.9 Å². The molecule has 0 atom stereocenters. The number of benzene rings is 2. The molecule has 0 saturated carbocycles. The first-order valence-electron chi connectivity index (χ1n) is 9.47. The zero-order valence-corrected chi connectivity index (χ0v) is 17.9. The Kier molecular flexibility index (Phi) is 7.62. The number of halogens is 1. The molecule has 1 heterocycles. The lowest BCUT2D eigenvalue weighted by atomic mass is 10.2. The van der Waals surface area contributed by atoms with Gasteiger partial charge in [-0.05, 0) is 36.2 Å². The molecule has 1 aromatic heterocycles. The van der Waals surface area contributed by atoms with Crippen molar-refractivity contribution < 1.29 is 13.2 Å². The van der Waals surface area contributed by atoms with Crippen molar-refractivity contribution in [1.29, 1.82) is 0 Å². The minimum Gasteiger partial charge on any atom is -0.355 e. The quantitative estimate of drug-likeness (QED) is 0.485. The van der Waals surface area contributed by atoms with Gasteiger partial charge in [-0.25, -0.2) is 13.4 Å². The van der Waals surface area contributed by atoms with Gasteiger partial charge in [0, 0.05) is 37.1 Å². The normalized spacial score (nSPS) is 11.5. The minimum atomic E-state index is -3.88. The molecule has 0 radical (unpaired) electrons. The van der Waals surface area contributed by atoms with Crippen LogP contribution in [0.5, 0.6) is 0 Å². The summed E-state index contributed by atoms with van der Waals surface area (Å²) in [6.45, 7) is 0.980. The highest BCUT2D eigenvalue weighted by atomic mass is 35.5. The molecule has 0 saturated heterocycles. The summed E-state index contributed by atoms with van der Waals surface area (Å²) in [5.74, 6) is -0.353. The summed E-state index contributed by atoms with van der Waals surface area (Å²) in [6, 6.07) is 15.1. The summed E-state index contributed by atoms with van der Waals surface area (Å²) in [5.41, 5.74) is 0.794. The van der Waals surface area contributed by atoms with Crippen molar-refractivity contribution in [3.8, 4) is 0 Å². The van der Waals surface area contributed by atoms with Crippen molar-refractivity contribution in [2.24, 2.45) is 0 Å². The lowest BCUT2D eigenvalue weighted by molar-refractivity contribution is -0.121. The van der Waals surface area contributed by atoms with E-state index >= 15 is 0 Å². The number of nitrogens with zero attached hydrogens (tertiary/aromatic N) is 3. The van der Waals surface area contributed by atoms with Crippen molar-refractivity contribution in [2.75, 3.05) is 13.1 Å². The number of sulfonamides is 1. The molecule has 158 valence electrons. The Balaban J connectivity index is 1.67. The molecule has 0 aliphatic carbocycles. The molecule has 0 aliphatic rings. The third kappa shape index (κ3) is 6.16. The Labute approximate surface area is 181 Å². The van der Waals surface area contributed by atoms with Crippen molar-refractivity contribution in [1.82, 2.24) is 19.2 Å². The predicted octanol–water partition coefficient (Wildman–Crippen LogP) is 2.93. The van der Waals surface area contributed by atoms with E-state index in [-0.39, 0.29) is 23.9 Å². The smallest absolute Gasteiger partial charge is 0.243 e. The highest BCUT2D eigenvalue weighted by Gasteiger charge is 2.26. The topological polar surface area (TPSA) is 84.3 Å². The number of carbonyl (C=O) groups is 1. The SMILES string of the molecule is O=C(CN(Cc1ccccc1)S(=O)(=O)c1ccc(Cl)cc1)NCCCn1ccnc1.